The topological polar surface area (TPSA) is 46.3 Å². The van der Waals surface area contributed by atoms with E-state index in [1.807, 2.05) is 11.8 Å². The second kappa shape index (κ2) is 7.17. The number of aryl methyl sites for hydroxylation is 2. The predicted molar refractivity (Wildman–Crippen MR) is 76.8 cm³/mol. The van der Waals surface area contributed by atoms with Gasteiger partial charge in [-0.25, -0.2) is 0 Å². The van der Waals surface area contributed by atoms with Gasteiger partial charge in [-0.3, -0.25) is 4.79 Å². The maximum Gasteiger partial charge on any atom is 0.226 e. The average molecular weight is 248 g/mol. The molecule has 2 N–H and O–H groups in total. The second-order valence-electron chi connectivity index (χ2n) is 4.78. The molecule has 0 aliphatic carbocycles. The molecule has 0 atom stereocenters. The van der Waals surface area contributed by atoms with Gasteiger partial charge in [-0.05, 0) is 56.5 Å². The van der Waals surface area contributed by atoms with E-state index >= 15 is 0 Å². The molecule has 0 radical (unpaired) electrons. The molecule has 1 aromatic rings. The third-order valence-corrected chi connectivity index (χ3v) is 2.87. The summed E-state index contributed by atoms with van der Waals surface area (Å²) in [6.45, 7) is 7.46. The van der Waals surface area contributed by atoms with Crippen molar-refractivity contribution in [2.24, 2.45) is 5.73 Å². The number of hydrogen-bond donors (Lipinski definition) is 1. The molecule has 0 fully saturated rings. The lowest BCUT2D eigenvalue weighted by molar-refractivity contribution is -0.118. The van der Waals surface area contributed by atoms with Crippen LogP contribution in [0, 0.1) is 13.8 Å². The lowest BCUT2D eigenvalue weighted by Crippen LogP contribution is -2.32. The van der Waals surface area contributed by atoms with Crippen molar-refractivity contribution in [3.05, 3.63) is 29.3 Å². The highest BCUT2D eigenvalue weighted by atomic mass is 16.2. The number of rotatable bonds is 6. The minimum atomic E-state index is 0.191. The maximum atomic E-state index is 12.2. The quantitative estimate of drug-likeness (QED) is 0.841. The van der Waals surface area contributed by atoms with Gasteiger partial charge in [0.2, 0.25) is 5.91 Å². The van der Waals surface area contributed by atoms with E-state index in [2.05, 4.69) is 32.0 Å². The van der Waals surface area contributed by atoms with Gasteiger partial charge in [0.25, 0.3) is 0 Å². The summed E-state index contributed by atoms with van der Waals surface area (Å²) in [5, 5.41) is 0. The third kappa shape index (κ3) is 4.15. The molecule has 18 heavy (non-hydrogen) atoms. The van der Waals surface area contributed by atoms with Crippen LogP contribution < -0.4 is 10.6 Å². The molecule has 3 nitrogen and oxygen atoms in total. The molecule has 0 unspecified atom stereocenters. The van der Waals surface area contributed by atoms with Crippen molar-refractivity contribution in [2.75, 3.05) is 18.0 Å². The summed E-state index contributed by atoms with van der Waals surface area (Å²) in [4.78, 5) is 14.0. The zero-order chi connectivity index (χ0) is 13.5. The maximum absolute atomic E-state index is 12.2. The lowest BCUT2D eigenvalue weighted by atomic mass is 10.1. The van der Waals surface area contributed by atoms with E-state index in [1.54, 1.807) is 0 Å². The van der Waals surface area contributed by atoms with Crippen molar-refractivity contribution in [3.8, 4) is 0 Å². The third-order valence-electron chi connectivity index (χ3n) is 2.87. The van der Waals surface area contributed by atoms with Crippen LogP contribution in [0.4, 0.5) is 5.69 Å². The van der Waals surface area contributed by atoms with E-state index in [0.717, 1.165) is 18.5 Å². The fourth-order valence-electron chi connectivity index (χ4n) is 2.10. The van der Waals surface area contributed by atoms with Crippen molar-refractivity contribution >= 4 is 11.6 Å². The molecule has 0 aromatic heterocycles. The summed E-state index contributed by atoms with van der Waals surface area (Å²) in [6.07, 6.45) is 2.31. The summed E-state index contributed by atoms with van der Waals surface area (Å²) in [7, 11) is 0. The van der Waals surface area contributed by atoms with E-state index in [0.29, 0.717) is 19.5 Å². The summed E-state index contributed by atoms with van der Waals surface area (Å²) in [6, 6.07) is 6.25. The Morgan fingerprint density at radius 1 is 1.22 bits per heavy atom. The van der Waals surface area contributed by atoms with E-state index in [9.17, 15) is 4.79 Å². The van der Waals surface area contributed by atoms with Gasteiger partial charge < -0.3 is 10.6 Å². The molecular weight excluding hydrogens is 224 g/mol. The number of amides is 1. The summed E-state index contributed by atoms with van der Waals surface area (Å²) in [5.41, 5.74) is 8.92. The van der Waals surface area contributed by atoms with Crippen LogP contribution in [0.1, 0.15) is 37.3 Å². The van der Waals surface area contributed by atoms with Crippen LogP contribution in [0.25, 0.3) is 0 Å². The van der Waals surface area contributed by atoms with Crippen molar-refractivity contribution in [1.82, 2.24) is 0 Å². The molecule has 0 aliphatic rings. The molecular formula is C15H24N2O. The highest BCUT2D eigenvalue weighted by molar-refractivity contribution is 5.93. The van der Waals surface area contributed by atoms with Crippen LogP contribution in [-0.4, -0.2) is 19.0 Å². The Morgan fingerprint density at radius 2 is 1.83 bits per heavy atom. The smallest absolute Gasteiger partial charge is 0.226 e. The monoisotopic (exact) mass is 248 g/mol. The zero-order valence-electron chi connectivity index (χ0n) is 11.7. The van der Waals surface area contributed by atoms with Gasteiger partial charge in [0, 0.05) is 18.7 Å². The molecule has 0 aliphatic heterocycles. The molecule has 3 heteroatoms. The van der Waals surface area contributed by atoms with Gasteiger partial charge in [-0.15, -0.1) is 0 Å². The van der Waals surface area contributed by atoms with Crippen LogP contribution >= 0.6 is 0 Å². The largest absolute Gasteiger partial charge is 0.330 e. The first-order valence-electron chi connectivity index (χ1n) is 6.67. The number of nitrogens with two attached hydrogens (primary N) is 1. The molecule has 0 heterocycles. The van der Waals surface area contributed by atoms with E-state index in [-0.39, 0.29) is 5.91 Å². The van der Waals surface area contributed by atoms with Gasteiger partial charge in [0.15, 0.2) is 0 Å². The van der Waals surface area contributed by atoms with Crippen molar-refractivity contribution in [1.29, 1.82) is 0 Å². The number of anilines is 1. The molecule has 0 spiro atoms. The van der Waals surface area contributed by atoms with Crippen LogP contribution in [0.5, 0.6) is 0 Å². The normalized spacial score (nSPS) is 10.4. The van der Waals surface area contributed by atoms with Crippen LogP contribution in [-0.2, 0) is 4.79 Å². The van der Waals surface area contributed by atoms with Gasteiger partial charge in [-0.2, -0.15) is 0 Å². The first-order valence-corrected chi connectivity index (χ1v) is 6.67. The second-order valence-corrected chi connectivity index (χ2v) is 4.78. The minimum Gasteiger partial charge on any atom is -0.330 e. The Morgan fingerprint density at radius 3 is 2.33 bits per heavy atom. The first-order chi connectivity index (χ1) is 8.58. The van der Waals surface area contributed by atoms with Crippen LogP contribution in [0.15, 0.2) is 18.2 Å². The van der Waals surface area contributed by atoms with Crippen molar-refractivity contribution in [2.45, 2.75) is 40.0 Å². The molecule has 1 amide bonds. The minimum absolute atomic E-state index is 0.191. The summed E-state index contributed by atoms with van der Waals surface area (Å²) in [5.74, 6) is 0.191. The van der Waals surface area contributed by atoms with Crippen molar-refractivity contribution < 1.29 is 4.79 Å². The average Bonchev–Trinajstić information content (AvgIpc) is 2.28. The number of hydrogen-bond acceptors (Lipinski definition) is 2. The first kappa shape index (κ1) is 14.7. The van der Waals surface area contributed by atoms with Gasteiger partial charge in [-0.1, -0.05) is 13.0 Å². The van der Waals surface area contributed by atoms with E-state index in [4.69, 9.17) is 5.73 Å². The Labute approximate surface area is 110 Å². The molecule has 0 saturated carbocycles. The Hall–Kier alpha value is -1.35. The Kier molecular flexibility index (Phi) is 5.86. The molecule has 0 bridgehead atoms. The van der Waals surface area contributed by atoms with Gasteiger partial charge in [0.1, 0.15) is 0 Å². The highest BCUT2D eigenvalue weighted by Gasteiger charge is 2.14. The lowest BCUT2D eigenvalue weighted by Gasteiger charge is -2.23. The van der Waals surface area contributed by atoms with Gasteiger partial charge >= 0.3 is 0 Å². The molecule has 0 saturated heterocycles. The van der Waals surface area contributed by atoms with Gasteiger partial charge in [0.05, 0.1) is 0 Å². The van der Waals surface area contributed by atoms with E-state index < -0.39 is 0 Å². The predicted octanol–water partition coefficient (Wildman–Crippen LogP) is 2.79. The Balaban J connectivity index is 2.96. The molecule has 1 aromatic carbocycles. The Bertz CT molecular complexity index is 381. The highest BCUT2D eigenvalue weighted by Crippen LogP contribution is 2.20. The molecule has 1 rings (SSSR count). The number of nitrogens with zero attached hydrogens (tertiary/aromatic N) is 1. The van der Waals surface area contributed by atoms with Crippen LogP contribution in [0.3, 0.4) is 0 Å². The molecule has 100 valence electrons. The SMILES string of the molecule is CCCC(=O)N(CCCN)c1cc(C)cc(C)c1. The van der Waals surface area contributed by atoms with Crippen LogP contribution in [0.2, 0.25) is 0 Å². The standard InChI is InChI=1S/C15H24N2O/c1-4-6-15(18)17(8-5-7-16)14-10-12(2)9-13(3)11-14/h9-11H,4-8,16H2,1-3H3. The number of benzene rings is 1. The fraction of sp³-hybridized carbons (Fsp3) is 0.533. The van der Waals surface area contributed by atoms with Crippen molar-refractivity contribution in [3.63, 3.8) is 0 Å². The number of carbonyl (C=O) groups is 1. The zero-order valence-corrected chi connectivity index (χ0v) is 11.7. The van der Waals surface area contributed by atoms with E-state index in [1.165, 1.54) is 11.1 Å². The summed E-state index contributed by atoms with van der Waals surface area (Å²) >= 11 is 0. The summed E-state index contributed by atoms with van der Waals surface area (Å²) < 4.78 is 0. The number of carbonyl (C=O) groups excluding carboxylic acids is 1. The fourth-order valence-corrected chi connectivity index (χ4v) is 2.10.